The van der Waals surface area contributed by atoms with E-state index in [0.29, 0.717) is 0 Å². The van der Waals surface area contributed by atoms with Gasteiger partial charge in [-0.25, -0.2) is 0 Å². The molecule has 72 valence electrons. The molecular weight excluding hydrogens is 172 g/mol. The fourth-order valence-electron chi connectivity index (χ4n) is 1.62. The predicted octanol–water partition coefficient (Wildman–Crippen LogP) is 2.56. The Bertz CT molecular complexity index is 390. The van der Waals surface area contributed by atoms with Crippen molar-refractivity contribution in [2.24, 2.45) is 0 Å². The lowest BCUT2D eigenvalue weighted by Crippen LogP contribution is -1.91. The fourth-order valence-corrected chi connectivity index (χ4v) is 1.62. The summed E-state index contributed by atoms with van der Waals surface area (Å²) in [5, 5.41) is 7.13. The van der Waals surface area contributed by atoms with Gasteiger partial charge in [0.15, 0.2) is 0 Å². The molecule has 2 nitrogen and oxygen atoms in total. The second kappa shape index (κ2) is 4.09. The highest BCUT2D eigenvalue weighted by Crippen LogP contribution is 2.11. The molecule has 0 saturated heterocycles. The molecule has 0 aliphatic rings. The highest BCUT2D eigenvalue weighted by Gasteiger charge is 2.03. The molecule has 14 heavy (non-hydrogen) atoms. The molecule has 0 aliphatic heterocycles. The highest BCUT2D eigenvalue weighted by molar-refractivity contribution is 5.26. The lowest BCUT2D eigenvalue weighted by Gasteiger charge is -1.99. The van der Waals surface area contributed by atoms with Crippen LogP contribution in [-0.2, 0) is 12.8 Å². The van der Waals surface area contributed by atoms with Crippen molar-refractivity contribution >= 4 is 0 Å². The third-order valence-corrected chi connectivity index (χ3v) is 2.38. The van der Waals surface area contributed by atoms with Crippen LogP contribution < -0.4 is 0 Å². The van der Waals surface area contributed by atoms with Crippen LogP contribution in [0.25, 0.3) is 0 Å². The van der Waals surface area contributed by atoms with Gasteiger partial charge in [0.1, 0.15) is 0 Å². The topological polar surface area (TPSA) is 28.7 Å². The molecule has 0 aliphatic carbocycles. The highest BCUT2D eigenvalue weighted by atomic mass is 15.1. The van der Waals surface area contributed by atoms with Crippen LogP contribution in [0.1, 0.15) is 23.7 Å². The summed E-state index contributed by atoms with van der Waals surface area (Å²) in [6.07, 6.45) is 3.96. The maximum absolute atomic E-state index is 4.21. The maximum atomic E-state index is 4.21. The van der Waals surface area contributed by atoms with E-state index in [9.17, 15) is 0 Å². The van der Waals surface area contributed by atoms with E-state index in [-0.39, 0.29) is 0 Å². The quantitative estimate of drug-likeness (QED) is 0.784. The molecule has 0 atom stereocenters. The van der Waals surface area contributed by atoms with Crippen LogP contribution in [0.3, 0.4) is 0 Å². The number of nitrogens with zero attached hydrogens (tertiary/aromatic N) is 1. The number of aromatic nitrogens is 2. The number of hydrogen-bond donors (Lipinski definition) is 1. The Hall–Kier alpha value is -1.57. The number of nitrogens with one attached hydrogen (secondary N) is 1. The minimum absolute atomic E-state index is 0.973. The van der Waals surface area contributed by atoms with Crippen LogP contribution in [0.4, 0.5) is 0 Å². The minimum atomic E-state index is 0.973. The number of aromatic amines is 1. The number of aryl methyl sites for hydroxylation is 1. The van der Waals surface area contributed by atoms with Crippen molar-refractivity contribution in [3.8, 4) is 0 Å². The summed E-state index contributed by atoms with van der Waals surface area (Å²) in [4.78, 5) is 0. The van der Waals surface area contributed by atoms with Gasteiger partial charge >= 0.3 is 0 Å². The van der Waals surface area contributed by atoms with Crippen LogP contribution in [-0.4, -0.2) is 10.2 Å². The molecule has 1 aromatic heterocycles. The van der Waals surface area contributed by atoms with Gasteiger partial charge in [-0.05, 0) is 17.5 Å². The zero-order valence-electron chi connectivity index (χ0n) is 8.33. The monoisotopic (exact) mass is 186 g/mol. The summed E-state index contributed by atoms with van der Waals surface area (Å²) in [6.45, 7) is 2.13. The molecule has 0 unspecified atom stereocenters. The number of hydrogen-bond acceptors (Lipinski definition) is 1. The summed E-state index contributed by atoms with van der Waals surface area (Å²) < 4.78 is 0. The lowest BCUT2D eigenvalue weighted by molar-refractivity contribution is 0.961. The van der Waals surface area contributed by atoms with Gasteiger partial charge in [-0.15, -0.1) is 0 Å². The Labute approximate surface area is 84.0 Å². The van der Waals surface area contributed by atoms with Gasteiger partial charge in [0.05, 0.1) is 5.69 Å². The van der Waals surface area contributed by atoms with Gasteiger partial charge in [0.2, 0.25) is 0 Å². The second-order valence-electron chi connectivity index (χ2n) is 3.37. The van der Waals surface area contributed by atoms with Crippen LogP contribution in [0.15, 0.2) is 36.5 Å². The van der Waals surface area contributed by atoms with Crippen molar-refractivity contribution in [1.29, 1.82) is 0 Å². The zero-order chi connectivity index (χ0) is 9.80. The van der Waals surface area contributed by atoms with Gasteiger partial charge in [0, 0.05) is 12.6 Å². The Kier molecular flexibility index (Phi) is 2.63. The molecule has 0 fully saturated rings. The Morgan fingerprint density at radius 1 is 1.21 bits per heavy atom. The van der Waals surface area contributed by atoms with Crippen LogP contribution in [0, 0.1) is 0 Å². The summed E-state index contributed by atoms with van der Waals surface area (Å²) >= 11 is 0. The van der Waals surface area contributed by atoms with Gasteiger partial charge < -0.3 is 0 Å². The molecule has 0 saturated carbocycles. The first-order valence-corrected chi connectivity index (χ1v) is 4.95. The van der Waals surface area contributed by atoms with Crippen molar-refractivity contribution in [3.63, 3.8) is 0 Å². The van der Waals surface area contributed by atoms with Crippen molar-refractivity contribution in [1.82, 2.24) is 10.2 Å². The van der Waals surface area contributed by atoms with E-state index in [1.807, 2.05) is 12.3 Å². The van der Waals surface area contributed by atoms with E-state index in [2.05, 4.69) is 41.4 Å². The van der Waals surface area contributed by atoms with Crippen LogP contribution >= 0.6 is 0 Å². The maximum Gasteiger partial charge on any atom is 0.0654 e. The van der Waals surface area contributed by atoms with E-state index >= 15 is 0 Å². The minimum Gasteiger partial charge on any atom is -0.285 e. The van der Waals surface area contributed by atoms with Crippen molar-refractivity contribution in [2.45, 2.75) is 19.8 Å². The Balaban J connectivity index is 2.19. The molecule has 0 amide bonds. The molecule has 0 bridgehead atoms. The summed E-state index contributed by atoms with van der Waals surface area (Å²) in [5.41, 5.74) is 3.82. The molecule has 2 heteroatoms. The number of H-pyrrole nitrogens is 1. The smallest absolute Gasteiger partial charge is 0.0654 e. The van der Waals surface area contributed by atoms with Gasteiger partial charge in [0.25, 0.3) is 0 Å². The first-order chi connectivity index (χ1) is 6.90. The fraction of sp³-hybridized carbons (Fsp3) is 0.250. The first kappa shape index (κ1) is 9.00. The molecule has 1 aromatic carbocycles. The van der Waals surface area contributed by atoms with Gasteiger partial charge in [-0.3, -0.25) is 5.10 Å². The van der Waals surface area contributed by atoms with E-state index in [1.165, 1.54) is 16.8 Å². The lowest BCUT2D eigenvalue weighted by atomic mass is 10.1. The molecule has 1 N–H and O–H groups in total. The first-order valence-electron chi connectivity index (χ1n) is 4.95. The van der Waals surface area contributed by atoms with Gasteiger partial charge in [-0.2, -0.15) is 5.10 Å². The Morgan fingerprint density at radius 2 is 2.00 bits per heavy atom. The number of benzene rings is 1. The van der Waals surface area contributed by atoms with Crippen LogP contribution in [0.2, 0.25) is 0 Å². The summed E-state index contributed by atoms with van der Waals surface area (Å²) in [5.74, 6) is 0. The van der Waals surface area contributed by atoms with E-state index in [1.54, 1.807) is 0 Å². The van der Waals surface area contributed by atoms with Crippen molar-refractivity contribution in [3.05, 3.63) is 53.3 Å². The average molecular weight is 186 g/mol. The van der Waals surface area contributed by atoms with Crippen LogP contribution in [0.5, 0.6) is 0 Å². The second-order valence-corrected chi connectivity index (χ2v) is 3.37. The molecular formula is C12H14N2. The standard InChI is InChI=1S/C12H14N2/c1-2-12-11(9-13-14-12)8-10-6-4-3-5-7-10/h3-7,9H,2,8H2,1H3,(H,13,14). The third-order valence-electron chi connectivity index (χ3n) is 2.38. The van der Waals surface area contributed by atoms with Crippen molar-refractivity contribution in [2.75, 3.05) is 0 Å². The Morgan fingerprint density at radius 3 is 2.71 bits per heavy atom. The third kappa shape index (κ3) is 1.84. The number of rotatable bonds is 3. The average Bonchev–Trinajstić information content (AvgIpc) is 2.67. The van der Waals surface area contributed by atoms with Gasteiger partial charge in [-0.1, -0.05) is 37.3 Å². The molecule has 2 rings (SSSR count). The molecule has 1 heterocycles. The van der Waals surface area contributed by atoms with E-state index < -0.39 is 0 Å². The summed E-state index contributed by atoms with van der Waals surface area (Å²) in [7, 11) is 0. The van der Waals surface area contributed by atoms with E-state index in [0.717, 1.165) is 12.8 Å². The zero-order valence-corrected chi connectivity index (χ0v) is 8.33. The largest absolute Gasteiger partial charge is 0.285 e. The molecule has 0 radical (unpaired) electrons. The normalized spacial score (nSPS) is 10.4. The van der Waals surface area contributed by atoms with Crippen molar-refractivity contribution < 1.29 is 0 Å². The molecule has 0 spiro atoms. The van der Waals surface area contributed by atoms with E-state index in [4.69, 9.17) is 0 Å². The SMILES string of the molecule is CCc1n[nH]cc1Cc1ccccc1. The summed E-state index contributed by atoms with van der Waals surface area (Å²) in [6, 6.07) is 10.5. The predicted molar refractivity (Wildman–Crippen MR) is 57.2 cm³/mol. The molecule has 2 aromatic rings.